The van der Waals surface area contributed by atoms with Crippen molar-refractivity contribution in [3.8, 4) is 23.2 Å². The van der Waals surface area contributed by atoms with Crippen LogP contribution in [0, 0.1) is 29.6 Å². The molecule has 0 saturated carbocycles. The van der Waals surface area contributed by atoms with E-state index in [0.29, 0.717) is 17.8 Å². The fourth-order valence-corrected chi connectivity index (χ4v) is 8.75. The first-order valence-corrected chi connectivity index (χ1v) is 20.7. The van der Waals surface area contributed by atoms with Gasteiger partial charge in [0, 0.05) is 43.6 Å². The van der Waals surface area contributed by atoms with Crippen molar-refractivity contribution in [2.45, 2.75) is 142 Å². The molecule has 2 saturated heterocycles. The molecule has 4 heterocycles. The van der Waals surface area contributed by atoms with Gasteiger partial charge < -0.3 is 39.4 Å². The number of likely N-dealkylation sites (N-methyl/N-ethyl adjacent to an activating group) is 1. The third-order valence-electron chi connectivity index (χ3n) is 12.1. The van der Waals surface area contributed by atoms with Gasteiger partial charge in [-0.25, -0.2) is 28.6 Å². The number of ketones is 2. The van der Waals surface area contributed by atoms with E-state index in [9.17, 15) is 24.3 Å². The molecule has 2 fully saturated rings. The zero-order valence-corrected chi connectivity index (χ0v) is 37.4. The normalized spacial score (nSPS) is 31.7. The number of carbonyl (C=O) groups is 4. The number of nitrogens with two attached hydrogens (primary N) is 1. The summed E-state index contributed by atoms with van der Waals surface area (Å²) in [5.41, 5.74) is 0.264. The zero-order valence-electron chi connectivity index (χ0n) is 37.4. The van der Waals surface area contributed by atoms with Crippen LogP contribution in [-0.4, -0.2) is 151 Å². The Morgan fingerprint density at radius 3 is 2.31 bits per heavy atom. The first kappa shape index (κ1) is 49.0. The third-order valence-corrected chi connectivity index (χ3v) is 12.1. The number of Topliss-reactive ketones (excluding diaryl/α,β-unsaturated/α-hetero) is 2. The summed E-state index contributed by atoms with van der Waals surface area (Å²) in [6.07, 6.45) is -2.62. The van der Waals surface area contributed by atoms with Gasteiger partial charge in [-0.05, 0) is 61.1 Å². The van der Waals surface area contributed by atoms with E-state index in [1.165, 1.54) is 36.9 Å². The molecule has 2 aliphatic rings. The number of alkyl halides is 1. The summed E-state index contributed by atoms with van der Waals surface area (Å²) >= 11 is 0. The summed E-state index contributed by atoms with van der Waals surface area (Å²) in [5.74, 6) is 0.0269. The molecule has 61 heavy (non-hydrogen) atoms. The summed E-state index contributed by atoms with van der Waals surface area (Å²) in [6, 6.07) is 0.0495. The fourth-order valence-electron chi connectivity index (χ4n) is 8.75. The second-order valence-corrected chi connectivity index (χ2v) is 16.7. The van der Waals surface area contributed by atoms with Gasteiger partial charge in [0.1, 0.15) is 42.4 Å². The molecule has 2 aliphatic heterocycles. The van der Waals surface area contributed by atoms with Crippen LogP contribution >= 0.6 is 0 Å². The molecule has 2 aromatic heterocycles. The number of fused-ring (bicyclic) bond motifs is 1. The van der Waals surface area contributed by atoms with Crippen molar-refractivity contribution in [1.29, 1.82) is 0 Å². The highest BCUT2D eigenvalue weighted by Gasteiger charge is 2.61. The number of nitrogens with zero attached hydrogens (tertiary/aromatic N) is 7. The topological polar surface area (TPSA) is 224 Å². The van der Waals surface area contributed by atoms with Gasteiger partial charge in [0.05, 0.1) is 36.2 Å². The quantitative estimate of drug-likeness (QED) is 0.128. The zero-order chi connectivity index (χ0) is 45.6. The number of ether oxygens (including phenoxy) is 5. The average Bonchev–Trinajstić information content (AvgIpc) is 3.79. The van der Waals surface area contributed by atoms with Crippen LogP contribution in [-0.2, 0) is 44.6 Å². The van der Waals surface area contributed by atoms with Gasteiger partial charge in [-0.3, -0.25) is 14.5 Å². The minimum Gasteiger partial charge on any atom is -0.455 e. The highest BCUT2D eigenvalue weighted by atomic mass is 19.1. The molecule has 0 spiro atoms. The summed E-state index contributed by atoms with van der Waals surface area (Å²) in [4.78, 5) is 67.8. The van der Waals surface area contributed by atoms with Crippen molar-refractivity contribution in [3.63, 3.8) is 0 Å². The van der Waals surface area contributed by atoms with Crippen molar-refractivity contribution in [1.82, 2.24) is 34.8 Å². The van der Waals surface area contributed by atoms with E-state index in [2.05, 4.69) is 32.1 Å². The number of aliphatic hydroxyl groups excluding tert-OH is 1. The number of aliphatic hydroxyl groups is 1. The van der Waals surface area contributed by atoms with E-state index >= 15 is 4.39 Å². The Bertz CT molecular complexity index is 1940. The van der Waals surface area contributed by atoms with Crippen LogP contribution in [0.2, 0.25) is 0 Å². The van der Waals surface area contributed by atoms with Crippen LogP contribution in [0.5, 0.6) is 0 Å². The van der Waals surface area contributed by atoms with E-state index in [1.807, 2.05) is 11.8 Å². The number of halogens is 1. The maximum atomic E-state index is 16.9. The molecule has 19 heteroatoms. The molecule has 1 amide bonds. The van der Waals surface area contributed by atoms with Crippen molar-refractivity contribution in [3.05, 3.63) is 18.6 Å². The average molecular weight is 859 g/mol. The van der Waals surface area contributed by atoms with Crippen LogP contribution in [0.1, 0.15) is 81.6 Å². The van der Waals surface area contributed by atoms with Gasteiger partial charge in [-0.1, -0.05) is 51.7 Å². The first-order chi connectivity index (χ1) is 28.6. The van der Waals surface area contributed by atoms with E-state index in [1.54, 1.807) is 61.0 Å². The lowest BCUT2D eigenvalue weighted by Crippen LogP contribution is -2.61. The number of rotatable bonds is 13. The van der Waals surface area contributed by atoms with Crippen molar-refractivity contribution >= 4 is 29.4 Å². The predicted octanol–water partition coefficient (Wildman–Crippen LogP) is 3.25. The highest BCUT2D eigenvalue weighted by molar-refractivity contribution is 6.08. The SMILES string of the molecule is CCO[C@@H](O[C@@H]1[C@@H](C)C(=O)[C@](C)(F)C(=O)O[C@H](CC)[C@@]2(C)OC(=O)N(CC#CCn3cc(-c4cc(N)ncn4)nn3)[C@@H]2[C@@H](C)C(=O)[C@H](C)C[C@@]1(C)OC)C(O)C(CC)N(C)C. The second-order valence-electron chi connectivity index (χ2n) is 16.7. The Kier molecular flexibility index (Phi) is 16.1. The summed E-state index contributed by atoms with van der Waals surface area (Å²) in [7, 11) is 4.96. The number of anilines is 1. The van der Waals surface area contributed by atoms with Crippen LogP contribution < -0.4 is 5.73 Å². The van der Waals surface area contributed by atoms with Crippen molar-refractivity contribution < 1.29 is 52.4 Å². The van der Waals surface area contributed by atoms with Crippen molar-refractivity contribution in [2.24, 2.45) is 17.8 Å². The number of carbonyl (C=O) groups excluding carboxylic acids is 4. The van der Waals surface area contributed by atoms with Gasteiger partial charge in [-0.15, -0.1) is 5.10 Å². The molecule has 3 N–H and O–H groups in total. The molecular weight excluding hydrogens is 796 g/mol. The lowest BCUT2D eigenvalue weighted by atomic mass is 9.73. The standard InChI is InChI=1S/C42H63FN8O10/c1-13-29(49(10)11)33(53)37(58-15-3)60-36-26(6)35(54)41(8,43)38(55)59-30(14-2)42(9)34(25(5)32(52)24(4)21-40(36,7)57-12)51(39(56)61-42)19-17-16-18-50-22-28(47-48-50)27-20-31(44)46-23-45-27/h20,22-26,29-30,33-34,36-37,53H,13-15,18-19,21H2,1-12H3,(H2,44,45,46)/t24-,25+,26+,29?,30-,33?,34-,36-,37+,40-,41+,42-/m1/s1. The monoisotopic (exact) mass is 858 g/mol. The lowest BCUT2D eigenvalue weighted by Gasteiger charge is -2.45. The fraction of sp³-hybridized carbons (Fsp3) is 0.714. The number of aromatic nitrogens is 5. The Morgan fingerprint density at radius 2 is 1.72 bits per heavy atom. The van der Waals surface area contributed by atoms with Crippen LogP contribution in [0.4, 0.5) is 15.0 Å². The number of amides is 1. The molecule has 0 bridgehead atoms. The number of esters is 1. The molecule has 2 unspecified atom stereocenters. The Balaban J connectivity index is 1.75. The number of hydrogen-bond acceptors (Lipinski definition) is 16. The lowest BCUT2D eigenvalue weighted by molar-refractivity contribution is -0.266. The largest absolute Gasteiger partial charge is 0.455 e. The Hall–Kier alpha value is -4.61. The predicted molar refractivity (Wildman–Crippen MR) is 220 cm³/mol. The Labute approximate surface area is 357 Å². The van der Waals surface area contributed by atoms with E-state index < -0.39 is 89.2 Å². The van der Waals surface area contributed by atoms with Gasteiger partial charge in [0.2, 0.25) is 0 Å². The van der Waals surface area contributed by atoms with E-state index in [-0.39, 0.29) is 44.1 Å². The van der Waals surface area contributed by atoms with Crippen LogP contribution in [0.3, 0.4) is 0 Å². The van der Waals surface area contributed by atoms with Gasteiger partial charge >= 0.3 is 12.1 Å². The first-order valence-electron chi connectivity index (χ1n) is 20.7. The summed E-state index contributed by atoms with van der Waals surface area (Å²) in [6.45, 7) is 14.0. The molecule has 4 rings (SSSR count). The highest BCUT2D eigenvalue weighted by Crippen LogP contribution is 2.43. The second kappa shape index (κ2) is 20.1. The molecule has 2 aromatic rings. The third kappa shape index (κ3) is 10.4. The number of nitrogen functional groups attached to an aromatic ring is 1. The molecular formula is C42H63FN8O10. The van der Waals surface area contributed by atoms with Crippen LogP contribution in [0.15, 0.2) is 18.6 Å². The minimum atomic E-state index is -3.23. The molecule has 338 valence electrons. The molecule has 0 radical (unpaired) electrons. The summed E-state index contributed by atoms with van der Waals surface area (Å²) < 4.78 is 48.7. The van der Waals surface area contributed by atoms with Gasteiger partial charge in [-0.2, -0.15) is 0 Å². The summed E-state index contributed by atoms with van der Waals surface area (Å²) in [5, 5.41) is 19.8. The van der Waals surface area contributed by atoms with E-state index in [0.717, 1.165) is 6.92 Å². The number of hydrogen-bond donors (Lipinski definition) is 2. The van der Waals surface area contributed by atoms with Gasteiger partial charge in [0.15, 0.2) is 17.7 Å². The van der Waals surface area contributed by atoms with Crippen molar-refractivity contribution in [2.75, 3.05) is 40.1 Å². The molecule has 12 atom stereocenters. The maximum Gasteiger partial charge on any atom is 0.411 e. The minimum absolute atomic E-state index is 0.0281. The van der Waals surface area contributed by atoms with E-state index in [4.69, 9.17) is 29.4 Å². The number of cyclic esters (lactones) is 1. The van der Waals surface area contributed by atoms with Gasteiger partial charge in [0.25, 0.3) is 5.67 Å². The maximum absolute atomic E-state index is 16.9. The molecule has 18 nitrogen and oxygen atoms in total. The molecule has 0 aliphatic carbocycles. The number of methoxy groups -OCH3 is 1. The smallest absolute Gasteiger partial charge is 0.411 e. The Morgan fingerprint density at radius 1 is 1.05 bits per heavy atom. The molecule has 0 aromatic carbocycles. The van der Waals surface area contributed by atoms with Crippen LogP contribution in [0.25, 0.3) is 11.4 Å².